The number of carbonyl (C=O) groups excluding carboxylic acids is 2. The molecule has 30 heavy (non-hydrogen) atoms. The van der Waals surface area contributed by atoms with Crippen molar-refractivity contribution >= 4 is 29.1 Å². The van der Waals surface area contributed by atoms with Crippen LogP contribution in [-0.4, -0.2) is 40.9 Å². The molecule has 2 amide bonds. The highest BCUT2D eigenvalue weighted by atomic mass is 35.5. The molecule has 160 valence electrons. The Kier molecular flexibility index (Phi) is 6.39. The fourth-order valence-electron chi connectivity index (χ4n) is 4.44. The summed E-state index contributed by atoms with van der Waals surface area (Å²) in [5, 5.41) is 10.8. The van der Waals surface area contributed by atoms with E-state index in [0.29, 0.717) is 36.8 Å². The molecule has 0 radical (unpaired) electrons. The molecule has 2 N–H and O–H groups in total. The highest BCUT2D eigenvalue weighted by molar-refractivity contribution is 6.31. The Bertz CT molecular complexity index is 901. The van der Waals surface area contributed by atoms with E-state index in [1.807, 2.05) is 24.3 Å². The van der Waals surface area contributed by atoms with Gasteiger partial charge in [-0.15, -0.1) is 0 Å². The van der Waals surface area contributed by atoms with Crippen molar-refractivity contribution in [2.75, 3.05) is 18.5 Å². The normalized spacial score (nSPS) is 18.8. The molecule has 2 heterocycles. The number of hydrogen-bond acceptors (Lipinski definition) is 4. The molecule has 1 aromatic heterocycles. The fourth-order valence-corrected chi connectivity index (χ4v) is 4.76. The van der Waals surface area contributed by atoms with Gasteiger partial charge in [0.15, 0.2) is 0 Å². The lowest BCUT2D eigenvalue weighted by atomic mass is 9.73. The summed E-state index contributed by atoms with van der Waals surface area (Å²) >= 11 is 6.44. The van der Waals surface area contributed by atoms with E-state index >= 15 is 0 Å². The summed E-state index contributed by atoms with van der Waals surface area (Å²) in [6.07, 6.45) is 8.79. The summed E-state index contributed by atoms with van der Waals surface area (Å²) in [6, 6.07) is 7.74. The van der Waals surface area contributed by atoms with Crippen LogP contribution in [0, 0.1) is 0 Å². The summed E-state index contributed by atoms with van der Waals surface area (Å²) in [7, 11) is 0. The molecule has 0 bridgehead atoms. The van der Waals surface area contributed by atoms with Gasteiger partial charge in [0, 0.05) is 30.5 Å². The summed E-state index contributed by atoms with van der Waals surface area (Å²) in [5.41, 5.74) is 0.626. The van der Waals surface area contributed by atoms with Crippen molar-refractivity contribution in [3.63, 3.8) is 0 Å². The molecule has 2 aliphatic rings. The third kappa shape index (κ3) is 4.52. The van der Waals surface area contributed by atoms with E-state index in [4.69, 9.17) is 16.3 Å². The lowest BCUT2D eigenvalue weighted by molar-refractivity contribution is -0.125. The van der Waals surface area contributed by atoms with Gasteiger partial charge >= 0.3 is 0 Å². The summed E-state index contributed by atoms with van der Waals surface area (Å²) in [6.45, 7) is 1.13. The fraction of sp³-hybridized carbons (Fsp3) is 0.500. The van der Waals surface area contributed by atoms with Crippen molar-refractivity contribution in [2.45, 2.75) is 56.5 Å². The maximum Gasteiger partial charge on any atom is 0.241 e. The van der Waals surface area contributed by atoms with Crippen LogP contribution in [0.3, 0.4) is 0 Å². The van der Waals surface area contributed by atoms with Gasteiger partial charge in [-0.3, -0.25) is 14.3 Å². The maximum absolute atomic E-state index is 13.4. The van der Waals surface area contributed by atoms with Crippen molar-refractivity contribution in [1.29, 1.82) is 0 Å². The van der Waals surface area contributed by atoms with E-state index in [9.17, 15) is 9.59 Å². The summed E-state index contributed by atoms with van der Waals surface area (Å²) < 4.78 is 7.05. The van der Waals surface area contributed by atoms with Crippen LogP contribution in [-0.2, 0) is 26.3 Å². The predicted octanol–water partition coefficient (Wildman–Crippen LogP) is 3.28. The Balaban J connectivity index is 1.44. The second-order valence-electron chi connectivity index (χ2n) is 8.10. The molecular weight excluding hydrogens is 404 g/mol. The van der Waals surface area contributed by atoms with Gasteiger partial charge in [-0.05, 0) is 37.3 Å². The number of halogens is 1. The van der Waals surface area contributed by atoms with E-state index in [2.05, 4.69) is 15.7 Å². The zero-order valence-corrected chi connectivity index (χ0v) is 17.7. The van der Waals surface area contributed by atoms with Gasteiger partial charge < -0.3 is 15.4 Å². The van der Waals surface area contributed by atoms with Crippen molar-refractivity contribution in [1.82, 2.24) is 15.1 Å². The molecule has 1 saturated heterocycles. The van der Waals surface area contributed by atoms with Crippen LogP contribution >= 0.6 is 11.6 Å². The highest BCUT2D eigenvalue weighted by Gasteiger charge is 2.43. The molecule has 7 nitrogen and oxygen atoms in total. The first-order valence-electron chi connectivity index (χ1n) is 10.5. The molecule has 1 aromatic carbocycles. The van der Waals surface area contributed by atoms with Crippen molar-refractivity contribution in [2.24, 2.45) is 0 Å². The Morgan fingerprint density at radius 2 is 1.93 bits per heavy atom. The van der Waals surface area contributed by atoms with Gasteiger partial charge in [0.05, 0.1) is 17.3 Å². The number of amides is 2. The molecule has 8 heteroatoms. The zero-order valence-electron chi connectivity index (χ0n) is 16.9. The van der Waals surface area contributed by atoms with Gasteiger partial charge in [0.2, 0.25) is 11.8 Å². The standard InChI is InChI=1S/C22H27ClN4O3/c23-19-8-4-3-7-18(19)22(9-11-30-12-10-22)21(29)26-17-13-24-27(14-17)15-20(28)25-16-5-1-2-6-16/h3-4,7-8,13-14,16H,1-2,5-6,9-12,15H2,(H,25,28)(H,26,29). The van der Waals surface area contributed by atoms with Crippen LogP contribution in [0.15, 0.2) is 36.7 Å². The topological polar surface area (TPSA) is 85.2 Å². The van der Waals surface area contributed by atoms with E-state index < -0.39 is 5.41 Å². The number of carbonyl (C=O) groups is 2. The Morgan fingerprint density at radius 1 is 1.20 bits per heavy atom. The lowest BCUT2D eigenvalue weighted by Gasteiger charge is -2.36. The molecule has 4 rings (SSSR count). The van der Waals surface area contributed by atoms with Crippen LogP contribution in [0.1, 0.15) is 44.1 Å². The number of hydrogen-bond donors (Lipinski definition) is 2. The summed E-state index contributed by atoms with van der Waals surface area (Å²) in [5.74, 6) is -0.186. The zero-order chi connectivity index (χ0) is 21.0. The van der Waals surface area contributed by atoms with Crippen LogP contribution in [0.4, 0.5) is 5.69 Å². The molecule has 1 saturated carbocycles. The van der Waals surface area contributed by atoms with Gasteiger partial charge in [-0.1, -0.05) is 42.6 Å². The largest absolute Gasteiger partial charge is 0.381 e. The number of anilines is 1. The molecular formula is C22H27ClN4O3. The number of nitrogens with one attached hydrogen (secondary N) is 2. The number of aromatic nitrogens is 2. The molecule has 2 fully saturated rings. The highest BCUT2D eigenvalue weighted by Crippen LogP contribution is 2.39. The average Bonchev–Trinajstić information content (AvgIpc) is 3.41. The van der Waals surface area contributed by atoms with Crippen LogP contribution in [0.25, 0.3) is 0 Å². The Hall–Kier alpha value is -2.38. The number of ether oxygens (including phenoxy) is 1. The Morgan fingerprint density at radius 3 is 2.67 bits per heavy atom. The molecule has 0 unspecified atom stereocenters. The van der Waals surface area contributed by atoms with E-state index in [0.717, 1.165) is 18.4 Å². The molecule has 0 atom stereocenters. The number of rotatable bonds is 6. The minimum atomic E-state index is -0.751. The SMILES string of the molecule is O=C(Cn1cc(NC(=O)C2(c3ccccc3Cl)CCOCC2)cn1)NC1CCCC1. The maximum atomic E-state index is 13.4. The first kappa shape index (κ1) is 20.9. The van der Waals surface area contributed by atoms with Crippen LogP contribution in [0.5, 0.6) is 0 Å². The smallest absolute Gasteiger partial charge is 0.241 e. The number of nitrogens with zero attached hydrogens (tertiary/aromatic N) is 2. The van der Waals surface area contributed by atoms with Crippen molar-refractivity contribution < 1.29 is 14.3 Å². The molecule has 1 aliphatic carbocycles. The second-order valence-corrected chi connectivity index (χ2v) is 8.51. The molecule has 2 aromatic rings. The minimum Gasteiger partial charge on any atom is -0.381 e. The van der Waals surface area contributed by atoms with Crippen LogP contribution in [0.2, 0.25) is 5.02 Å². The average molecular weight is 431 g/mol. The molecule has 0 spiro atoms. The second kappa shape index (κ2) is 9.18. The summed E-state index contributed by atoms with van der Waals surface area (Å²) in [4.78, 5) is 25.6. The van der Waals surface area contributed by atoms with E-state index in [1.54, 1.807) is 17.1 Å². The van der Waals surface area contributed by atoms with Crippen molar-refractivity contribution in [3.8, 4) is 0 Å². The lowest BCUT2D eigenvalue weighted by Crippen LogP contribution is -2.45. The first-order chi connectivity index (χ1) is 14.6. The van der Waals surface area contributed by atoms with Crippen molar-refractivity contribution in [3.05, 3.63) is 47.2 Å². The first-order valence-corrected chi connectivity index (χ1v) is 10.9. The van der Waals surface area contributed by atoms with Gasteiger partial charge in [-0.2, -0.15) is 5.10 Å². The van der Waals surface area contributed by atoms with Gasteiger partial charge in [0.1, 0.15) is 6.54 Å². The minimum absolute atomic E-state index is 0.0557. The predicted molar refractivity (Wildman–Crippen MR) is 114 cm³/mol. The quantitative estimate of drug-likeness (QED) is 0.736. The van der Waals surface area contributed by atoms with Gasteiger partial charge in [-0.25, -0.2) is 0 Å². The van der Waals surface area contributed by atoms with E-state index in [-0.39, 0.29) is 24.4 Å². The monoisotopic (exact) mass is 430 g/mol. The van der Waals surface area contributed by atoms with E-state index in [1.165, 1.54) is 12.8 Å². The third-order valence-electron chi connectivity index (χ3n) is 6.09. The molecule has 1 aliphatic heterocycles. The number of benzene rings is 1. The van der Waals surface area contributed by atoms with Crippen LogP contribution < -0.4 is 10.6 Å². The van der Waals surface area contributed by atoms with Gasteiger partial charge in [0.25, 0.3) is 0 Å². The Labute approximate surface area is 181 Å². The third-order valence-corrected chi connectivity index (χ3v) is 6.42.